The number of esters is 1. The van der Waals surface area contributed by atoms with E-state index in [1.165, 1.54) is 7.11 Å². The lowest BCUT2D eigenvalue weighted by Gasteiger charge is -2.24. The van der Waals surface area contributed by atoms with E-state index in [1.807, 2.05) is 37.3 Å². The topological polar surface area (TPSA) is 55.4 Å². The Morgan fingerprint density at radius 1 is 1.26 bits per heavy atom. The number of nitrogens with one attached hydrogen (secondary N) is 1. The van der Waals surface area contributed by atoms with Crippen LogP contribution in [0.15, 0.2) is 30.3 Å². The van der Waals surface area contributed by atoms with Crippen LogP contribution in [0.3, 0.4) is 0 Å². The van der Waals surface area contributed by atoms with Gasteiger partial charge in [0.15, 0.2) is 0 Å². The molecule has 0 aromatic heterocycles. The van der Waals surface area contributed by atoms with Crippen molar-refractivity contribution in [1.29, 1.82) is 0 Å². The molecule has 0 spiro atoms. The van der Waals surface area contributed by atoms with E-state index in [2.05, 4.69) is 10.1 Å². The van der Waals surface area contributed by atoms with Crippen LogP contribution in [0.25, 0.3) is 0 Å². The monoisotopic (exact) mass is 263 g/mol. The molecule has 1 aromatic rings. The van der Waals surface area contributed by atoms with Gasteiger partial charge in [0.2, 0.25) is 5.91 Å². The predicted molar refractivity (Wildman–Crippen MR) is 73.7 cm³/mol. The molecule has 0 fully saturated rings. The molecule has 0 saturated heterocycles. The van der Waals surface area contributed by atoms with E-state index in [0.717, 1.165) is 5.56 Å². The van der Waals surface area contributed by atoms with Crippen LogP contribution in [-0.4, -0.2) is 24.5 Å². The molecule has 4 nitrogen and oxygen atoms in total. The number of hydrogen-bond acceptors (Lipinski definition) is 3. The van der Waals surface area contributed by atoms with Crippen molar-refractivity contribution in [2.75, 3.05) is 7.11 Å². The van der Waals surface area contributed by atoms with Gasteiger partial charge in [-0.3, -0.25) is 4.79 Å². The van der Waals surface area contributed by atoms with Crippen molar-refractivity contribution < 1.29 is 14.3 Å². The molecule has 0 aliphatic carbocycles. The molecule has 1 atom stereocenters. The molecule has 4 heteroatoms. The summed E-state index contributed by atoms with van der Waals surface area (Å²) >= 11 is 0. The lowest BCUT2D eigenvalue weighted by atomic mass is 9.96. The molecule has 0 aliphatic rings. The summed E-state index contributed by atoms with van der Waals surface area (Å²) in [7, 11) is 1.31. The van der Waals surface area contributed by atoms with Gasteiger partial charge in [-0.05, 0) is 25.3 Å². The fraction of sp³-hybridized carbons (Fsp3) is 0.467. The molecular weight excluding hydrogens is 242 g/mol. The lowest BCUT2D eigenvalue weighted by molar-refractivity contribution is -0.149. The number of ether oxygens (including phenoxy) is 1. The Labute approximate surface area is 114 Å². The second-order valence-corrected chi connectivity index (χ2v) is 5.18. The average Bonchev–Trinajstić information content (AvgIpc) is 2.37. The van der Waals surface area contributed by atoms with Crippen LogP contribution in [-0.2, 0) is 14.3 Å². The molecule has 1 aromatic carbocycles. The first-order chi connectivity index (χ1) is 8.86. The third kappa shape index (κ3) is 4.39. The van der Waals surface area contributed by atoms with Gasteiger partial charge in [0, 0.05) is 6.42 Å². The molecule has 0 aliphatic heterocycles. The third-order valence-electron chi connectivity index (χ3n) is 3.01. The van der Waals surface area contributed by atoms with Gasteiger partial charge in [0.1, 0.15) is 5.54 Å². The summed E-state index contributed by atoms with van der Waals surface area (Å²) in [6, 6.07) is 9.81. The van der Waals surface area contributed by atoms with E-state index in [-0.39, 0.29) is 11.8 Å². The van der Waals surface area contributed by atoms with Gasteiger partial charge in [0.25, 0.3) is 0 Å². The molecule has 1 amide bonds. The third-order valence-corrected chi connectivity index (χ3v) is 3.01. The molecule has 0 unspecified atom stereocenters. The highest BCUT2D eigenvalue weighted by Crippen LogP contribution is 2.18. The van der Waals surface area contributed by atoms with Gasteiger partial charge in [-0.15, -0.1) is 0 Å². The summed E-state index contributed by atoms with van der Waals surface area (Å²) in [6.45, 7) is 5.24. The van der Waals surface area contributed by atoms with Gasteiger partial charge < -0.3 is 10.1 Å². The van der Waals surface area contributed by atoms with E-state index in [4.69, 9.17) is 0 Å². The van der Waals surface area contributed by atoms with Crippen molar-refractivity contribution in [1.82, 2.24) is 5.32 Å². The van der Waals surface area contributed by atoms with Crippen molar-refractivity contribution >= 4 is 11.9 Å². The first-order valence-electron chi connectivity index (χ1n) is 6.31. The minimum atomic E-state index is -0.998. The van der Waals surface area contributed by atoms with E-state index >= 15 is 0 Å². The van der Waals surface area contributed by atoms with Crippen LogP contribution < -0.4 is 5.32 Å². The molecule has 0 saturated carbocycles. The molecule has 0 heterocycles. The Balaban J connectivity index is 2.59. The summed E-state index contributed by atoms with van der Waals surface area (Å²) in [5.74, 6) is -0.505. The number of carbonyl (C=O) groups is 2. The van der Waals surface area contributed by atoms with E-state index < -0.39 is 11.5 Å². The number of benzene rings is 1. The van der Waals surface area contributed by atoms with Crippen molar-refractivity contribution in [3.05, 3.63) is 35.9 Å². The van der Waals surface area contributed by atoms with Crippen LogP contribution >= 0.6 is 0 Å². The lowest BCUT2D eigenvalue weighted by Crippen LogP contribution is -2.50. The smallest absolute Gasteiger partial charge is 0.330 e. The molecule has 104 valence electrons. The Bertz CT molecular complexity index is 440. The molecule has 0 radical (unpaired) electrons. The molecule has 1 rings (SSSR count). The first kappa shape index (κ1) is 15.2. The van der Waals surface area contributed by atoms with Gasteiger partial charge in [0.05, 0.1) is 7.11 Å². The van der Waals surface area contributed by atoms with E-state index in [9.17, 15) is 9.59 Å². The molecule has 0 bridgehead atoms. The quantitative estimate of drug-likeness (QED) is 0.829. The van der Waals surface area contributed by atoms with Crippen LogP contribution in [0.2, 0.25) is 0 Å². The minimum absolute atomic E-state index is 0.106. The first-order valence-corrected chi connectivity index (χ1v) is 6.31. The number of amides is 1. The largest absolute Gasteiger partial charge is 0.467 e. The highest BCUT2D eigenvalue weighted by atomic mass is 16.5. The standard InChI is InChI=1S/C15H21NO3/c1-11(12-8-6-5-7-9-12)10-13(17)16-15(2,3)14(18)19-4/h5-9,11H,10H2,1-4H3,(H,16,17)/t11-/m0/s1. The highest BCUT2D eigenvalue weighted by Gasteiger charge is 2.30. The number of carbonyl (C=O) groups excluding carboxylic acids is 2. The van der Waals surface area contributed by atoms with E-state index in [0.29, 0.717) is 6.42 Å². The number of methoxy groups -OCH3 is 1. The summed E-state index contributed by atoms with van der Waals surface area (Å²) in [5, 5.41) is 2.69. The summed E-state index contributed by atoms with van der Waals surface area (Å²) in [6.07, 6.45) is 0.338. The molecule has 19 heavy (non-hydrogen) atoms. The maximum absolute atomic E-state index is 11.9. The summed E-state index contributed by atoms with van der Waals surface area (Å²) in [4.78, 5) is 23.4. The van der Waals surface area contributed by atoms with Crippen LogP contribution in [0.4, 0.5) is 0 Å². The second-order valence-electron chi connectivity index (χ2n) is 5.18. The van der Waals surface area contributed by atoms with Crippen LogP contribution in [0.1, 0.15) is 38.7 Å². The summed E-state index contributed by atoms with van der Waals surface area (Å²) < 4.78 is 4.65. The maximum atomic E-state index is 11.9. The van der Waals surface area contributed by atoms with Gasteiger partial charge in [-0.2, -0.15) is 0 Å². The van der Waals surface area contributed by atoms with Gasteiger partial charge in [-0.25, -0.2) is 4.79 Å². The van der Waals surface area contributed by atoms with Crippen LogP contribution in [0, 0.1) is 0 Å². The van der Waals surface area contributed by atoms with Gasteiger partial charge in [-0.1, -0.05) is 37.3 Å². The Morgan fingerprint density at radius 2 is 1.84 bits per heavy atom. The van der Waals surface area contributed by atoms with Crippen molar-refractivity contribution in [2.24, 2.45) is 0 Å². The van der Waals surface area contributed by atoms with Crippen LogP contribution in [0.5, 0.6) is 0 Å². The zero-order chi connectivity index (χ0) is 14.5. The predicted octanol–water partition coefficient (Wildman–Crippen LogP) is 2.25. The normalized spacial score (nSPS) is 12.6. The molecular formula is C15H21NO3. The van der Waals surface area contributed by atoms with E-state index in [1.54, 1.807) is 13.8 Å². The zero-order valence-corrected chi connectivity index (χ0v) is 11.9. The fourth-order valence-corrected chi connectivity index (χ4v) is 1.88. The average molecular weight is 263 g/mol. The summed E-state index contributed by atoms with van der Waals surface area (Å²) in [5.41, 5.74) is 0.107. The Morgan fingerprint density at radius 3 is 2.37 bits per heavy atom. The number of rotatable bonds is 5. The number of hydrogen-bond donors (Lipinski definition) is 1. The van der Waals surface area contributed by atoms with Crippen molar-refractivity contribution in [3.63, 3.8) is 0 Å². The zero-order valence-electron chi connectivity index (χ0n) is 11.9. The highest BCUT2D eigenvalue weighted by molar-refractivity contribution is 5.87. The SMILES string of the molecule is COC(=O)C(C)(C)NC(=O)C[C@H](C)c1ccccc1. The molecule has 1 N–H and O–H groups in total. The van der Waals surface area contributed by atoms with Crippen molar-refractivity contribution in [2.45, 2.75) is 38.6 Å². The minimum Gasteiger partial charge on any atom is -0.467 e. The van der Waals surface area contributed by atoms with Gasteiger partial charge >= 0.3 is 5.97 Å². The Hall–Kier alpha value is -1.84. The maximum Gasteiger partial charge on any atom is 0.330 e. The van der Waals surface area contributed by atoms with Crippen molar-refractivity contribution in [3.8, 4) is 0 Å². The second kappa shape index (κ2) is 6.36. The Kier molecular flexibility index (Phi) is 5.10. The fourth-order valence-electron chi connectivity index (χ4n) is 1.88.